The molecular formula is C27H41N3O5. The molecule has 194 valence electrons. The van der Waals surface area contributed by atoms with Gasteiger partial charge in [0.05, 0.1) is 12.6 Å². The van der Waals surface area contributed by atoms with E-state index in [1.807, 2.05) is 30.3 Å². The summed E-state index contributed by atoms with van der Waals surface area (Å²) in [7, 11) is 0. The SMILES string of the molecule is CCOC(=O)[C@H](CCc1ccccc1)N[C@@H](CCCCN)C(=O)N1[C@@H]2CCCC[C@@H]2C[C@H]1C(=O)O. The van der Waals surface area contributed by atoms with Crippen LogP contribution in [-0.2, 0) is 25.5 Å². The van der Waals surface area contributed by atoms with Crippen molar-refractivity contribution >= 4 is 17.8 Å². The number of carbonyl (C=O) groups excluding carboxylic acids is 2. The first kappa shape index (κ1) is 27.1. The molecule has 0 spiro atoms. The van der Waals surface area contributed by atoms with Crippen molar-refractivity contribution in [2.75, 3.05) is 13.2 Å². The van der Waals surface area contributed by atoms with Crippen LogP contribution in [0.15, 0.2) is 30.3 Å². The van der Waals surface area contributed by atoms with E-state index < -0.39 is 24.1 Å². The lowest BCUT2D eigenvalue weighted by atomic mass is 9.84. The number of unbranched alkanes of at least 4 members (excludes halogenated alkanes) is 1. The summed E-state index contributed by atoms with van der Waals surface area (Å²) in [6.45, 7) is 2.54. The maximum atomic E-state index is 13.9. The maximum absolute atomic E-state index is 13.9. The minimum atomic E-state index is -0.945. The van der Waals surface area contributed by atoms with Crippen LogP contribution in [0, 0.1) is 5.92 Å². The zero-order valence-electron chi connectivity index (χ0n) is 20.9. The Hall–Kier alpha value is -2.45. The molecule has 1 saturated carbocycles. The summed E-state index contributed by atoms with van der Waals surface area (Å²) in [5, 5.41) is 13.2. The Labute approximate surface area is 208 Å². The summed E-state index contributed by atoms with van der Waals surface area (Å²) in [6, 6.07) is 7.73. The number of nitrogens with one attached hydrogen (secondary N) is 1. The first-order chi connectivity index (χ1) is 17.0. The first-order valence-corrected chi connectivity index (χ1v) is 13.2. The van der Waals surface area contributed by atoms with E-state index >= 15 is 0 Å². The predicted molar refractivity (Wildman–Crippen MR) is 134 cm³/mol. The Morgan fingerprint density at radius 1 is 1.11 bits per heavy atom. The summed E-state index contributed by atoms with van der Waals surface area (Å²) in [5.74, 6) is -1.30. The molecule has 0 bridgehead atoms. The molecule has 2 aliphatic rings. The molecule has 4 N–H and O–H groups in total. The highest BCUT2D eigenvalue weighted by molar-refractivity contribution is 5.88. The van der Waals surface area contributed by atoms with E-state index in [0.717, 1.165) is 37.7 Å². The standard InChI is InChI=1S/C27H41N3O5/c1-2-35-27(34)22(16-15-19-10-4-3-5-11-19)29-21(13-8-9-17-28)25(31)30-23-14-7-6-12-20(23)18-24(30)26(32)33/h3-5,10-11,20-24,29H,2,6-9,12-18,28H2,1H3,(H,32,33)/t20-,21+,22+,23-,24+/m1/s1. The van der Waals surface area contributed by atoms with Crippen LogP contribution in [0.1, 0.15) is 70.3 Å². The molecule has 1 aromatic carbocycles. The lowest BCUT2D eigenvalue weighted by molar-refractivity contribution is -0.152. The van der Waals surface area contributed by atoms with Gasteiger partial charge in [0.1, 0.15) is 12.1 Å². The Morgan fingerprint density at radius 2 is 1.86 bits per heavy atom. The quantitative estimate of drug-likeness (QED) is 0.289. The van der Waals surface area contributed by atoms with Crippen molar-refractivity contribution in [3.05, 3.63) is 35.9 Å². The van der Waals surface area contributed by atoms with Gasteiger partial charge in [-0.3, -0.25) is 14.9 Å². The van der Waals surface area contributed by atoms with Gasteiger partial charge in [0.15, 0.2) is 0 Å². The molecule has 0 radical (unpaired) electrons. The maximum Gasteiger partial charge on any atom is 0.326 e. The largest absolute Gasteiger partial charge is 0.480 e. The lowest BCUT2D eigenvalue weighted by Gasteiger charge is -2.36. The lowest BCUT2D eigenvalue weighted by Crippen LogP contribution is -2.56. The highest BCUT2D eigenvalue weighted by atomic mass is 16.5. The fraction of sp³-hybridized carbons (Fsp3) is 0.667. The summed E-state index contributed by atoms with van der Waals surface area (Å²) in [5.41, 5.74) is 6.80. The average Bonchev–Trinajstić information content (AvgIpc) is 3.26. The van der Waals surface area contributed by atoms with Gasteiger partial charge in [-0.05, 0) is 69.9 Å². The number of rotatable bonds is 13. The van der Waals surface area contributed by atoms with Gasteiger partial charge in [-0.1, -0.05) is 49.6 Å². The molecule has 0 unspecified atom stereocenters. The number of carboxylic acids is 1. The Morgan fingerprint density at radius 3 is 2.54 bits per heavy atom. The number of benzene rings is 1. The number of likely N-dealkylation sites (tertiary alicyclic amines) is 1. The van der Waals surface area contributed by atoms with E-state index in [1.165, 1.54) is 0 Å². The van der Waals surface area contributed by atoms with Crippen LogP contribution >= 0.6 is 0 Å². The molecule has 1 saturated heterocycles. The van der Waals surface area contributed by atoms with Crippen LogP contribution < -0.4 is 11.1 Å². The van der Waals surface area contributed by atoms with Crippen molar-refractivity contribution in [2.24, 2.45) is 11.7 Å². The van der Waals surface area contributed by atoms with Gasteiger partial charge in [-0.15, -0.1) is 0 Å². The number of hydrogen-bond donors (Lipinski definition) is 3. The zero-order valence-corrected chi connectivity index (χ0v) is 20.9. The summed E-state index contributed by atoms with van der Waals surface area (Å²) in [4.78, 5) is 40.5. The molecule has 1 aliphatic carbocycles. The number of aliphatic carboxylic acids is 1. The van der Waals surface area contributed by atoms with Crippen molar-refractivity contribution < 1.29 is 24.2 Å². The van der Waals surface area contributed by atoms with Crippen molar-refractivity contribution in [2.45, 2.75) is 95.3 Å². The van der Waals surface area contributed by atoms with E-state index in [1.54, 1.807) is 11.8 Å². The van der Waals surface area contributed by atoms with Gasteiger partial charge in [0.2, 0.25) is 5.91 Å². The van der Waals surface area contributed by atoms with E-state index in [-0.39, 0.29) is 30.4 Å². The number of nitrogens with zero attached hydrogens (tertiary/aromatic N) is 1. The van der Waals surface area contributed by atoms with Crippen LogP contribution in [0.25, 0.3) is 0 Å². The number of ether oxygens (including phenoxy) is 1. The van der Waals surface area contributed by atoms with Crippen molar-refractivity contribution in [3.8, 4) is 0 Å². The number of hydrogen-bond acceptors (Lipinski definition) is 6. The van der Waals surface area contributed by atoms with Gasteiger partial charge in [0, 0.05) is 6.04 Å². The number of fused-ring (bicyclic) bond motifs is 1. The van der Waals surface area contributed by atoms with Gasteiger partial charge in [-0.25, -0.2) is 4.79 Å². The third-order valence-electron chi connectivity index (χ3n) is 7.41. The fourth-order valence-electron chi connectivity index (χ4n) is 5.66. The number of amides is 1. The molecule has 3 rings (SSSR count). The molecule has 1 aliphatic heterocycles. The van der Waals surface area contributed by atoms with Crippen LogP contribution in [-0.4, -0.2) is 65.2 Å². The Kier molecular flexibility index (Phi) is 10.5. The molecule has 0 aromatic heterocycles. The second-order valence-electron chi connectivity index (χ2n) is 9.78. The van der Waals surface area contributed by atoms with E-state index in [2.05, 4.69) is 5.32 Å². The second-order valence-corrected chi connectivity index (χ2v) is 9.78. The van der Waals surface area contributed by atoms with E-state index in [9.17, 15) is 19.5 Å². The minimum absolute atomic E-state index is 0.0403. The highest BCUT2D eigenvalue weighted by Crippen LogP contribution is 2.40. The van der Waals surface area contributed by atoms with Crippen LogP contribution in [0.5, 0.6) is 0 Å². The van der Waals surface area contributed by atoms with Crippen molar-refractivity contribution in [1.29, 1.82) is 0 Å². The summed E-state index contributed by atoms with van der Waals surface area (Å²) in [6.07, 6.45) is 7.52. The zero-order chi connectivity index (χ0) is 25.2. The number of esters is 1. The molecule has 1 aromatic rings. The molecule has 2 fully saturated rings. The normalized spacial score (nSPS) is 23.4. The van der Waals surface area contributed by atoms with Gasteiger partial charge in [-0.2, -0.15) is 0 Å². The van der Waals surface area contributed by atoms with Gasteiger partial charge in [0.25, 0.3) is 0 Å². The van der Waals surface area contributed by atoms with Gasteiger partial charge < -0.3 is 20.5 Å². The second kappa shape index (κ2) is 13.6. The molecule has 8 nitrogen and oxygen atoms in total. The van der Waals surface area contributed by atoms with Gasteiger partial charge >= 0.3 is 11.9 Å². The average molecular weight is 488 g/mol. The molecule has 35 heavy (non-hydrogen) atoms. The first-order valence-electron chi connectivity index (χ1n) is 13.2. The van der Waals surface area contributed by atoms with Crippen LogP contribution in [0.4, 0.5) is 0 Å². The van der Waals surface area contributed by atoms with Crippen LogP contribution in [0.2, 0.25) is 0 Å². The predicted octanol–water partition coefficient (Wildman–Crippen LogP) is 2.88. The molecular weight excluding hydrogens is 446 g/mol. The number of carbonyl (C=O) groups is 3. The molecule has 5 atom stereocenters. The third kappa shape index (κ3) is 7.27. The minimum Gasteiger partial charge on any atom is -0.480 e. The van der Waals surface area contributed by atoms with E-state index in [0.29, 0.717) is 38.6 Å². The van der Waals surface area contributed by atoms with Crippen molar-refractivity contribution in [3.63, 3.8) is 0 Å². The fourth-order valence-corrected chi connectivity index (χ4v) is 5.66. The Bertz CT molecular complexity index is 833. The number of aryl methyl sites for hydroxylation is 1. The van der Waals surface area contributed by atoms with E-state index in [4.69, 9.17) is 10.5 Å². The molecule has 8 heteroatoms. The highest BCUT2D eigenvalue weighted by Gasteiger charge is 2.49. The smallest absolute Gasteiger partial charge is 0.326 e. The topological polar surface area (TPSA) is 122 Å². The third-order valence-corrected chi connectivity index (χ3v) is 7.41. The van der Waals surface area contributed by atoms with Crippen molar-refractivity contribution in [1.82, 2.24) is 10.2 Å². The summed E-state index contributed by atoms with van der Waals surface area (Å²) >= 11 is 0. The Balaban J connectivity index is 1.80. The van der Waals surface area contributed by atoms with Crippen LogP contribution in [0.3, 0.4) is 0 Å². The number of nitrogens with two attached hydrogens (primary N) is 1. The number of carboxylic acid groups (broad SMARTS) is 1. The molecule has 1 heterocycles. The molecule has 1 amide bonds. The summed E-state index contributed by atoms with van der Waals surface area (Å²) < 4.78 is 5.33. The monoisotopic (exact) mass is 487 g/mol.